The highest BCUT2D eigenvalue weighted by Crippen LogP contribution is 2.28. The van der Waals surface area contributed by atoms with Crippen molar-refractivity contribution in [3.8, 4) is 11.5 Å². The fourth-order valence-electron chi connectivity index (χ4n) is 3.07. The van der Waals surface area contributed by atoms with Gasteiger partial charge in [0.15, 0.2) is 5.82 Å². The van der Waals surface area contributed by atoms with Crippen LogP contribution in [-0.4, -0.2) is 37.5 Å². The van der Waals surface area contributed by atoms with Gasteiger partial charge in [-0.15, -0.1) is 5.10 Å². The lowest BCUT2D eigenvalue weighted by atomic mass is 9.91. The van der Waals surface area contributed by atoms with Gasteiger partial charge in [0.1, 0.15) is 17.6 Å². The Kier molecular flexibility index (Phi) is 5.01. The Balaban J connectivity index is 1.62. The predicted octanol–water partition coefficient (Wildman–Crippen LogP) is 3.35. The Labute approximate surface area is 147 Å². The first-order chi connectivity index (χ1) is 11.9. The minimum atomic E-state index is -0.484. The van der Waals surface area contributed by atoms with Crippen LogP contribution in [0.5, 0.6) is 0 Å². The Hall–Kier alpha value is -2.44. The maximum Gasteiger partial charge on any atom is 0.407 e. The molecule has 7 heteroatoms. The van der Waals surface area contributed by atoms with Gasteiger partial charge in [-0.25, -0.2) is 14.5 Å². The van der Waals surface area contributed by atoms with Crippen LogP contribution in [0.25, 0.3) is 11.5 Å². The van der Waals surface area contributed by atoms with E-state index in [1.165, 1.54) is 0 Å². The predicted molar refractivity (Wildman–Crippen MR) is 93.9 cm³/mol. The van der Waals surface area contributed by atoms with Gasteiger partial charge in [0.25, 0.3) is 0 Å². The summed E-state index contributed by atoms with van der Waals surface area (Å²) in [7, 11) is 0. The number of rotatable bonds is 3. The monoisotopic (exact) mass is 343 g/mol. The summed E-state index contributed by atoms with van der Waals surface area (Å²) in [5, 5.41) is 7.55. The molecule has 1 aliphatic rings. The first-order valence-electron chi connectivity index (χ1n) is 8.73. The minimum absolute atomic E-state index is 0.0936. The second-order valence-electron chi connectivity index (χ2n) is 7.43. The number of carbonyl (C=O) groups excluding carboxylic acids is 1. The smallest absolute Gasteiger partial charge is 0.407 e. The van der Waals surface area contributed by atoms with E-state index in [-0.39, 0.29) is 18.2 Å². The first-order valence-corrected chi connectivity index (χ1v) is 8.73. The van der Waals surface area contributed by atoms with E-state index in [1.54, 1.807) is 12.5 Å². The SMILES string of the molecule is CC(C)(C)OC(=O)NC1CCCC(n2cnc(-c3ccccn3)n2)C1. The second kappa shape index (κ2) is 7.21. The third-order valence-corrected chi connectivity index (χ3v) is 4.14. The second-order valence-corrected chi connectivity index (χ2v) is 7.43. The average molecular weight is 343 g/mol. The molecule has 2 aromatic heterocycles. The summed E-state index contributed by atoms with van der Waals surface area (Å²) in [4.78, 5) is 20.6. The lowest BCUT2D eigenvalue weighted by molar-refractivity contribution is 0.0485. The van der Waals surface area contributed by atoms with Gasteiger partial charge in [0, 0.05) is 12.2 Å². The fraction of sp³-hybridized carbons (Fsp3) is 0.556. The lowest BCUT2D eigenvalue weighted by Gasteiger charge is -2.30. The van der Waals surface area contributed by atoms with E-state index in [1.807, 2.05) is 43.7 Å². The highest BCUT2D eigenvalue weighted by Gasteiger charge is 2.27. The molecule has 7 nitrogen and oxygen atoms in total. The van der Waals surface area contributed by atoms with Crippen molar-refractivity contribution in [1.82, 2.24) is 25.1 Å². The molecule has 0 radical (unpaired) electrons. The van der Waals surface area contributed by atoms with Gasteiger partial charge in [-0.1, -0.05) is 6.07 Å². The molecule has 0 spiro atoms. The quantitative estimate of drug-likeness (QED) is 0.924. The van der Waals surface area contributed by atoms with Crippen LogP contribution in [0, 0.1) is 0 Å². The number of alkyl carbamates (subject to hydrolysis) is 1. The van der Waals surface area contributed by atoms with Gasteiger partial charge >= 0.3 is 6.09 Å². The van der Waals surface area contributed by atoms with Crippen molar-refractivity contribution in [3.05, 3.63) is 30.7 Å². The largest absolute Gasteiger partial charge is 0.444 e. The Morgan fingerprint density at radius 2 is 2.12 bits per heavy atom. The van der Waals surface area contributed by atoms with Crippen LogP contribution in [0.4, 0.5) is 4.79 Å². The Morgan fingerprint density at radius 3 is 2.84 bits per heavy atom. The number of carbonyl (C=O) groups is 1. The number of nitrogens with one attached hydrogen (secondary N) is 1. The normalized spacial score (nSPS) is 20.9. The molecule has 1 amide bonds. The first kappa shape index (κ1) is 17.4. The van der Waals surface area contributed by atoms with Gasteiger partial charge in [-0.2, -0.15) is 0 Å². The van der Waals surface area contributed by atoms with E-state index >= 15 is 0 Å². The molecule has 0 aliphatic heterocycles. The summed E-state index contributed by atoms with van der Waals surface area (Å²) in [6.45, 7) is 5.60. The summed E-state index contributed by atoms with van der Waals surface area (Å²) in [6.07, 6.45) is 6.97. The molecule has 1 fully saturated rings. The van der Waals surface area contributed by atoms with Crippen LogP contribution in [0.3, 0.4) is 0 Å². The maximum absolute atomic E-state index is 12.0. The van der Waals surface area contributed by atoms with E-state index in [4.69, 9.17) is 4.74 Å². The molecular weight excluding hydrogens is 318 g/mol. The van der Waals surface area contributed by atoms with E-state index in [0.29, 0.717) is 5.82 Å². The van der Waals surface area contributed by atoms with E-state index in [0.717, 1.165) is 31.4 Å². The highest BCUT2D eigenvalue weighted by atomic mass is 16.6. The molecule has 2 heterocycles. The zero-order chi connectivity index (χ0) is 17.9. The van der Waals surface area contributed by atoms with Crippen molar-refractivity contribution in [1.29, 1.82) is 0 Å². The summed E-state index contributed by atoms with van der Waals surface area (Å²) in [5.74, 6) is 0.628. The van der Waals surface area contributed by atoms with Gasteiger partial charge in [-0.05, 0) is 58.6 Å². The highest BCUT2D eigenvalue weighted by molar-refractivity contribution is 5.68. The molecule has 2 atom stereocenters. The van der Waals surface area contributed by atoms with Crippen LogP contribution >= 0.6 is 0 Å². The van der Waals surface area contributed by atoms with Crippen molar-refractivity contribution in [2.24, 2.45) is 0 Å². The standard InChI is InChI=1S/C18H25N5O2/c1-18(2,3)25-17(24)21-13-7-6-8-14(11-13)23-12-20-16(22-23)15-9-4-5-10-19-15/h4-5,9-10,12-14H,6-8,11H2,1-3H3,(H,21,24). The maximum atomic E-state index is 12.0. The molecule has 3 rings (SSSR count). The molecule has 0 aromatic carbocycles. The van der Waals surface area contributed by atoms with Crippen molar-refractivity contribution in [3.63, 3.8) is 0 Å². The van der Waals surface area contributed by atoms with Crippen molar-refractivity contribution < 1.29 is 9.53 Å². The zero-order valence-corrected chi connectivity index (χ0v) is 15.0. The molecule has 134 valence electrons. The van der Waals surface area contributed by atoms with Gasteiger partial charge in [-0.3, -0.25) is 4.98 Å². The van der Waals surface area contributed by atoms with Crippen LogP contribution in [0.1, 0.15) is 52.5 Å². The van der Waals surface area contributed by atoms with Crippen LogP contribution in [0.15, 0.2) is 30.7 Å². The van der Waals surface area contributed by atoms with Crippen LogP contribution < -0.4 is 5.32 Å². The molecular formula is C18H25N5O2. The summed E-state index contributed by atoms with van der Waals surface area (Å²) in [5.41, 5.74) is 0.280. The van der Waals surface area contributed by atoms with Crippen molar-refractivity contribution >= 4 is 6.09 Å². The zero-order valence-electron chi connectivity index (χ0n) is 15.0. The Morgan fingerprint density at radius 1 is 1.28 bits per heavy atom. The topological polar surface area (TPSA) is 81.9 Å². The number of aromatic nitrogens is 4. The third kappa shape index (κ3) is 4.78. The molecule has 0 saturated heterocycles. The number of nitrogens with zero attached hydrogens (tertiary/aromatic N) is 4. The molecule has 25 heavy (non-hydrogen) atoms. The molecule has 1 N–H and O–H groups in total. The van der Waals surface area contributed by atoms with E-state index in [2.05, 4.69) is 20.4 Å². The summed E-state index contributed by atoms with van der Waals surface area (Å²) < 4.78 is 7.25. The number of ether oxygens (including phenoxy) is 1. The lowest BCUT2D eigenvalue weighted by Crippen LogP contribution is -2.41. The molecule has 1 saturated carbocycles. The average Bonchev–Trinajstić information content (AvgIpc) is 3.04. The molecule has 2 aromatic rings. The van der Waals surface area contributed by atoms with Crippen molar-refractivity contribution in [2.75, 3.05) is 0 Å². The summed E-state index contributed by atoms with van der Waals surface area (Å²) >= 11 is 0. The van der Waals surface area contributed by atoms with Crippen LogP contribution in [0.2, 0.25) is 0 Å². The summed E-state index contributed by atoms with van der Waals surface area (Å²) in [6, 6.07) is 6.00. The number of amides is 1. The minimum Gasteiger partial charge on any atom is -0.444 e. The third-order valence-electron chi connectivity index (χ3n) is 4.14. The van der Waals surface area contributed by atoms with E-state index < -0.39 is 5.60 Å². The van der Waals surface area contributed by atoms with E-state index in [9.17, 15) is 4.79 Å². The fourth-order valence-corrected chi connectivity index (χ4v) is 3.07. The van der Waals surface area contributed by atoms with Gasteiger partial charge in [0.2, 0.25) is 0 Å². The number of hydrogen-bond acceptors (Lipinski definition) is 5. The molecule has 0 bridgehead atoms. The molecule has 1 aliphatic carbocycles. The van der Waals surface area contributed by atoms with Crippen molar-refractivity contribution in [2.45, 2.75) is 64.1 Å². The van der Waals surface area contributed by atoms with Gasteiger partial charge in [0.05, 0.1) is 6.04 Å². The number of pyridine rings is 1. The van der Waals surface area contributed by atoms with Crippen LogP contribution in [-0.2, 0) is 4.74 Å². The number of hydrogen-bond donors (Lipinski definition) is 1. The molecule has 2 unspecified atom stereocenters. The Bertz CT molecular complexity index is 708. The van der Waals surface area contributed by atoms with Gasteiger partial charge < -0.3 is 10.1 Å².